The Morgan fingerprint density at radius 1 is 1.14 bits per heavy atom. The maximum atomic E-state index is 12.8. The number of nitro benzene ring substituents is 1. The Kier molecular flexibility index (Phi) is 8.71. The molecule has 0 radical (unpaired) electrons. The third-order valence-electron chi connectivity index (χ3n) is 4.99. The highest BCUT2D eigenvalue weighted by molar-refractivity contribution is 7.99. The average molecular weight is 537 g/mol. The Morgan fingerprint density at radius 3 is 2.51 bits per heavy atom. The Labute approximate surface area is 215 Å². The van der Waals surface area contributed by atoms with Crippen LogP contribution in [0.25, 0.3) is 0 Å². The first kappa shape index (κ1) is 26.5. The van der Waals surface area contributed by atoms with E-state index in [4.69, 9.17) is 23.2 Å². The van der Waals surface area contributed by atoms with E-state index in [0.29, 0.717) is 21.6 Å². The lowest BCUT2D eigenvalue weighted by molar-refractivity contribution is -0.384. The molecule has 0 aliphatic heterocycles. The number of halogens is 2. The van der Waals surface area contributed by atoms with Crippen LogP contribution in [0.1, 0.15) is 36.1 Å². The Morgan fingerprint density at radius 2 is 1.86 bits per heavy atom. The molecule has 10 nitrogen and oxygen atoms in total. The number of amides is 2. The number of thioether (sulfide) groups is 1. The molecule has 0 fully saturated rings. The van der Waals surface area contributed by atoms with E-state index in [2.05, 4.69) is 20.8 Å². The van der Waals surface area contributed by atoms with Gasteiger partial charge in [-0.05, 0) is 24.1 Å². The highest BCUT2D eigenvalue weighted by Gasteiger charge is 2.26. The average Bonchev–Trinajstić information content (AvgIpc) is 3.17. The fourth-order valence-electron chi connectivity index (χ4n) is 3.16. The highest BCUT2D eigenvalue weighted by Crippen LogP contribution is 2.28. The maximum absolute atomic E-state index is 12.8. The summed E-state index contributed by atoms with van der Waals surface area (Å²) in [5, 5.41) is 25.9. The van der Waals surface area contributed by atoms with Crippen molar-refractivity contribution in [3.8, 4) is 0 Å². The normalized spacial score (nSPS) is 11.8. The summed E-state index contributed by atoms with van der Waals surface area (Å²) in [4.78, 5) is 35.6. The molecule has 184 valence electrons. The summed E-state index contributed by atoms with van der Waals surface area (Å²) in [6.07, 6.45) is 0. The minimum Gasteiger partial charge on any atom is -0.342 e. The van der Waals surface area contributed by atoms with E-state index < -0.39 is 16.9 Å². The van der Waals surface area contributed by atoms with E-state index in [1.54, 1.807) is 35.9 Å². The van der Waals surface area contributed by atoms with Crippen LogP contribution in [0.4, 0.5) is 11.4 Å². The van der Waals surface area contributed by atoms with Crippen LogP contribution >= 0.6 is 35.0 Å². The second kappa shape index (κ2) is 11.5. The molecule has 3 rings (SSSR count). The molecule has 0 saturated heterocycles. The van der Waals surface area contributed by atoms with Crippen molar-refractivity contribution in [2.45, 2.75) is 25.0 Å². The van der Waals surface area contributed by atoms with Crippen molar-refractivity contribution in [3.05, 3.63) is 74.0 Å². The number of hydrogen-bond donors (Lipinski definition) is 2. The second-order valence-electron chi connectivity index (χ2n) is 7.83. The van der Waals surface area contributed by atoms with Gasteiger partial charge < -0.3 is 15.2 Å². The zero-order valence-corrected chi connectivity index (χ0v) is 21.3. The highest BCUT2D eigenvalue weighted by atomic mass is 35.5. The first-order valence-electron chi connectivity index (χ1n) is 10.4. The molecule has 35 heavy (non-hydrogen) atoms. The first-order chi connectivity index (χ1) is 16.6. The number of carbonyl (C=O) groups excluding carboxylic acids is 2. The fraction of sp³-hybridized carbons (Fsp3) is 0.273. The largest absolute Gasteiger partial charge is 0.342 e. The van der Waals surface area contributed by atoms with Gasteiger partial charge in [-0.1, -0.05) is 60.9 Å². The summed E-state index contributed by atoms with van der Waals surface area (Å²) >= 11 is 13.3. The predicted octanol–water partition coefficient (Wildman–Crippen LogP) is 4.89. The Hall–Kier alpha value is -3.15. The van der Waals surface area contributed by atoms with Crippen LogP contribution in [0.5, 0.6) is 0 Å². The standard InChI is InChI=1S/C22H22Cl2N6O4S/c1-12(2)19(26-21(32)14-6-4-5-7-15(14)23)20-27-28-22(29(20)3)35-11-18(31)25-17-10-13(30(33)34)8-9-16(17)24/h4-10,12,19H,11H2,1-3H3,(H,25,31)(H,26,32)/t19-/m1/s1. The van der Waals surface area contributed by atoms with E-state index in [9.17, 15) is 19.7 Å². The number of rotatable bonds is 9. The first-order valence-corrected chi connectivity index (χ1v) is 12.1. The van der Waals surface area contributed by atoms with Gasteiger partial charge in [-0.2, -0.15) is 0 Å². The fourth-order valence-corrected chi connectivity index (χ4v) is 4.26. The van der Waals surface area contributed by atoms with Gasteiger partial charge in [-0.15, -0.1) is 10.2 Å². The monoisotopic (exact) mass is 536 g/mol. The quantitative estimate of drug-likeness (QED) is 0.226. The lowest BCUT2D eigenvalue weighted by Gasteiger charge is -2.22. The Balaban J connectivity index is 1.69. The van der Waals surface area contributed by atoms with E-state index in [1.165, 1.54) is 18.2 Å². The van der Waals surface area contributed by atoms with Gasteiger partial charge >= 0.3 is 0 Å². The number of nitro groups is 1. The maximum Gasteiger partial charge on any atom is 0.271 e. The van der Waals surface area contributed by atoms with Gasteiger partial charge in [0.1, 0.15) is 0 Å². The van der Waals surface area contributed by atoms with Crippen molar-refractivity contribution >= 4 is 58.2 Å². The SMILES string of the molecule is CC(C)[C@@H](NC(=O)c1ccccc1Cl)c1nnc(SCC(=O)Nc2cc([N+](=O)[O-])ccc2Cl)n1C. The molecule has 1 heterocycles. The van der Waals surface area contributed by atoms with E-state index in [0.717, 1.165) is 11.8 Å². The van der Waals surface area contributed by atoms with E-state index >= 15 is 0 Å². The van der Waals surface area contributed by atoms with Crippen molar-refractivity contribution in [2.24, 2.45) is 13.0 Å². The van der Waals surface area contributed by atoms with Crippen LogP contribution in [0, 0.1) is 16.0 Å². The zero-order valence-electron chi connectivity index (χ0n) is 19.0. The Bertz CT molecular complexity index is 1270. The van der Waals surface area contributed by atoms with Gasteiger partial charge in [-0.3, -0.25) is 19.7 Å². The van der Waals surface area contributed by atoms with Crippen LogP contribution in [-0.2, 0) is 11.8 Å². The van der Waals surface area contributed by atoms with Gasteiger partial charge in [0, 0.05) is 19.2 Å². The third kappa shape index (κ3) is 6.50. The number of hydrogen-bond acceptors (Lipinski definition) is 7. The van der Waals surface area contributed by atoms with Crippen molar-refractivity contribution in [3.63, 3.8) is 0 Å². The molecule has 0 bridgehead atoms. The molecule has 1 aromatic heterocycles. The summed E-state index contributed by atoms with van der Waals surface area (Å²) < 4.78 is 1.70. The number of carbonyl (C=O) groups is 2. The van der Waals surface area contributed by atoms with Crippen molar-refractivity contribution in [1.29, 1.82) is 0 Å². The smallest absolute Gasteiger partial charge is 0.271 e. The summed E-state index contributed by atoms with van der Waals surface area (Å²) in [6, 6.07) is 10.1. The van der Waals surface area contributed by atoms with Gasteiger partial charge in [0.25, 0.3) is 11.6 Å². The molecule has 0 aliphatic rings. The molecule has 0 aliphatic carbocycles. The molecule has 0 unspecified atom stereocenters. The molecule has 0 saturated carbocycles. The molecule has 13 heteroatoms. The lowest BCUT2D eigenvalue weighted by atomic mass is 10.0. The van der Waals surface area contributed by atoms with E-state index in [1.807, 2.05) is 13.8 Å². The topological polar surface area (TPSA) is 132 Å². The van der Waals surface area contributed by atoms with Gasteiger partial charge in [0.2, 0.25) is 5.91 Å². The van der Waals surface area contributed by atoms with Crippen molar-refractivity contribution in [2.75, 3.05) is 11.1 Å². The van der Waals surface area contributed by atoms with Crippen molar-refractivity contribution in [1.82, 2.24) is 20.1 Å². The van der Waals surface area contributed by atoms with Gasteiger partial charge in [-0.25, -0.2) is 0 Å². The van der Waals surface area contributed by atoms with Crippen LogP contribution in [0.2, 0.25) is 10.0 Å². The summed E-state index contributed by atoms with van der Waals surface area (Å²) in [5.41, 5.74) is 0.314. The van der Waals surface area contributed by atoms with E-state index in [-0.39, 0.29) is 34.0 Å². The lowest BCUT2D eigenvalue weighted by Crippen LogP contribution is -2.33. The molecule has 0 spiro atoms. The predicted molar refractivity (Wildman–Crippen MR) is 135 cm³/mol. The van der Waals surface area contributed by atoms with Gasteiger partial charge in [0.15, 0.2) is 11.0 Å². The minimum atomic E-state index is -0.572. The van der Waals surface area contributed by atoms with Crippen LogP contribution in [-0.4, -0.2) is 37.3 Å². The zero-order chi connectivity index (χ0) is 25.7. The third-order valence-corrected chi connectivity index (χ3v) is 6.67. The summed E-state index contributed by atoms with van der Waals surface area (Å²) in [5.74, 6) is -0.288. The molecule has 2 aromatic carbocycles. The second-order valence-corrected chi connectivity index (χ2v) is 9.59. The minimum absolute atomic E-state index is 0.0125. The molecule has 2 N–H and O–H groups in total. The van der Waals surface area contributed by atoms with Gasteiger partial charge in [0.05, 0.1) is 38.0 Å². The van der Waals surface area contributed by atoms with Crippen molar-refractivity contribution < 1.29 is 14.5 Å². The molecule has 3 aromatic rings. The number of nitrogens with one attached hydrogen (secondary N) is 2. The number of anilines is 1. The summed E-state index contributed by atoms with van der Waals surface area (Å²) in [6.45, 7) is 3.88. The molecular weight excluding hydrogens is 515 g/mol. The van der Waals surface area contributed by atoms with Crippen LogP contribution in [0.15, 0.2) is 47.6 Å². The van der Waals surface area contributed by atoms with Crippen LogP contribution in [0.3, 0.4) is 0 Å². The molecule has 1 atom stereocenters. The summed E-state index contributed by atoms with van der Waals surface area (Å²) in [7, 11) is 1.74. The van der Waals surface area contributed by atoms with Crippen LogP contribution < -0.4 is 10.6 Å². The number of aromatic nitrogens is 3. The molecule has 2 amide bonds. The number of benzene rings is 2. The molecular formula is C22H22Cl2N6O4S. The number of nitrogens with zero attached hydrogens (tertiary/aromatic N) is 4. The number of non-ortho nitro benzene ring substituents is 1.